The highest BCUT2D eigenvalue weighted by Crippen LogP contribution is 2.20. The quantitative estimate of drug-likeness (QED) is 0.478. The number of carbonyl (C=O) groups excluding carboxylic acids is 1. The topological polar surface area (TPSA) is 69.1 Å². The fraction of sp³-hybridized carbons (Fsp3) is 0.308. The number of hydrogen-bond donors (Lipinski definition) is 2. The van der Waals surface area contributed by atoms with Crippen molar-refractivity contribution < 1.29 is 4.79 Å². The zero-order valence-electron chi connectivity index (χ0n) is 10.0. The first-order valence-electron chi connectivity index (χ1n) is 5.28. The summed E-state index contributed by atoms with van der Waals surface area (Å²) < 4.78 is 0. The molecule has 0 saturated carbocycles. The summed E-state index contributed by atoms with van der Waals surface area (Å²) in [7, 11) is 0. The maximum Gasteiger partial charge on any atom is 0.185 e. The van der Waals surface area contributed by atoms with Gasteiger partial charge in [0.2, 0.25) is 0 Å². The van der Waals surface area contributed by atoms with Gasteiger partial charge in [-0.2, -0.15) is 0 Å². The van der Waals surface area contributed by atoms with E-state index in [2.05, 4.69) is 11.8 Å². The minimum absolute atomic E-state index is 0.124. The molecule has 90 valence electrons. The molecule has 3 nitrogen and oxygen atoms in total. The van der Waals surface area contributed by atoms with Crippen molar-refractivity contribution in [2.75, 3.05) is 17.2 Å². The van der Waals surface area contributed by atoms with Crippen molar-refractivity contribution in [2.24, 2.45) is 0 Å². The van der Waals surface area contributed by atoms with E-state index in [1.165, 1.54) is 11.8 Å². The van der Waals surface area contributed by atoms with E-state index in [9.17, 15) is 4.79 Å². The van der Waals surface area contributed by atoms with Gasteiger partial charge in [0.15, 0.2) is 5.12 Å². The van der Waals surface area contributed by atoms with E-state index in [0.717, 1.165) is 16.9 Å². The molecule has 0 spiro atoms. The molecule has 0 aliphatic heterocycles. The van der Waals surface area contributed by atoms with Crippen LogP contribution in [0, 0.1) is 18.8 Å². The summed E-state index contributed by atoms with van der Waals surface area (Å²) >= 11 is 1.29. The molecule has 0 aliphatic carbocycles. The van der Waals surface area contributed by atoms with E-state index < -0.39 is 0 Å². The number of carbonyl (C=O) groups is 1. The van der Waals surface area contributed by atoms with Gasteiger partial charge in [-0.25, -0.2) is 0 Å². The van der Waals surface area contributed by atoms with E-state index in [0.29, 0.717) is 17.8 Å². The molecule has 1 aromatic carbocycles. The number of hydrogen-bond acceptors (Lipinski definition) is 4. The van der Waals surface area contributed by atoms with Gasteiger partial charge in [0, 0.05) is 24.7 Å². The molecule has 4 heteroatoms. The highest BCUT2D eigenvalue weighted by Gasteiger charge is 2.00. The van der Waals surface area contributed by atoms with Gasteiger partial charge in [-0.05, 0) is 24.6 Å². The molecule has 0 fully saturated rings. The number of nitrogen functional groups attached to an aromatic ring is 2. The van der Waals surface area contributed by atoms with Crippen molar-refractivity contribution in [3.8, 4) is 11.8 Å². The van der Waals surface area contributed by atoms with Crippen LogP contribution in [0.4, 0.5) is 11.4 Å². The summed E-state index contributed by atoms with van der Waals surface area (Å²) in [4.78, 5) is 10.7. The Balaban J connectivity index is 2.63. The average molecular weight is 248 g/mol. The van der Waals surface area contributed by atoms with E-state index in [4.69, 9.17) is 11.5 Å². The van der Waals surface area contributed by atoms with Crippen molar-refractivity contribution in [1.29, 1.82) is 0 Å². The van der Waals surface area contributed by atoms with Gasteiger partial charge in [-0.1, -0.05) is 23.6 Å². The molecule has 0 atom stereocenters. The summed E-state index contributed by atoms with van der Waals surface area (Å²) in [6, 6.07) is 3.68. The third-order valence-electron chi connectivity index (χ3n) is 2.18. The lowest BCUT2D eigenvalue weighted by Gasteiger charge is -2.04. The molecular weight excluding hydrogens is 232 g/mol. The molecule has 0 bridgehead atoms. The van der Waals surface area contributed by atoms with Crippen LogP contribution in [-0.2, 0) is 4.79 Å². The number of nitrogens with two attached hydrogens (primary N) is 2. The highest BCUT2D eigenvalue weighted by atomic mass is 32.2. The van der Waals surface area contributed by atoms with Crippen LogP contribution in [-0.4, -0.2) is 10.9 Å². The van der Waals surface area contributed by atoms with Gasteiger partial charge in [0.1, 0.15) is 0 Å². The van der Waals surface area contributed by atoms with E-state index in [1.807, 2.05) is 13.0 Å². The van der Waals surface area contributed by atoms with E-state index in [1.54, 1.807) is 13.0 Å². The van der Waals surface area contributed by atoms with Gasteiger partial charge < -0.3 is 11.5 Å². The van der Waals surface area contributed by atoms with Crippen LogP contribution < -0.4 is 11.5 Å². The van der Waals surface area contributed by atoms with Crippen LogP contribution >= 0.6 is 11.8 Å². The third-order valence-corrected chi connectivity index (χ3v) is 3.00. The maximum absolute atomic E-state index is 10.7. The number of aryl methyl sites for hydroxylation is 1. The van der Waals surface area contributed by atoms with Gasteiger partial charge in [0.25, 0.3) is 0 Å². The van der Waals surface area contributed by atoms with Crippen LogP contribution in [0.25, 0.3) is 0 Å². The van der Waals surface area contributed by atoms with Crippen molar-refractivity contribution in [1.82, 2.24) is 0 Å². The monoisotopic (exact) mass is 248 g/mol. The van der Waals surface area contributed by atoms with Crippen LogP contribution in [0.3, 0.4) is 0 Å². The lowest BCUT2D eigenvalue weighted by atomic mass is 10.1. The van der Waals surface area contributed by atoms with Crippen LogP contribution in [0.15, 0.2) is 12.1 Å². The Morgan fingerprint density at radius 1 is 1.41 bits per heavy atom. The fourth-order valence-corrected chi connectivity index (χ4v) is 1.80. The highest BCUT2D eigenvalue weighted by molar-refractivity contribution is 8.13. The fourth-order valence-electron chi connectivity index (χ4n) is 1.31. The molecule has 0 heterocycles. The second-order valence-electron chi connectivity index (χ2n) is 3.69. The molecule has 0 aromatic heterocycles. The summed E-state index contributed by atoms with van der Waals surface area (Å²) in [5.41, 5.74) is 14.5. The molecule has 1 aromatic rings. The predicted octanol–water partition coefficient (Wildman–Crippen LogP) is 2.18. The van der Waals surface area contributed by atoms with Crippen LogP contribution in [0.1, 0.15) is 24.5 Å². The van der Waals surface area contributed by atoms with Crippen molar-refractivity contribution in [3.05, 3.63) is 23.3 Å². The molecule has 0 saturated heterocycles. The summed E-state index contributed by atoms with van der Waals surface area (Å²) in [5.74, 6) is 6.76. The second kappa shape index (κ2) is 6.21. The Hall–Kier alpha value is -1.60. The van der Waals surface area contributed by atoms with E-state index in [-0.39, 0.29) is 5.12 Å². The first kappa shape index (κ1) is 13.5. The molecular formula is C13H16N2OS. The smallest absolute Gasteiger partial charge is 0.185 e. The summed E-state index contributed by atoms with van der Waals surface area (Å²) in [5, 5.41) is 0.124. The zero-order valence-corrected chi connectivity index (χ0v) is 10.9. The van der Waals surface area contributed by atoms with Gasteiger partial charge in [0.05, 0.1) is 11.4 Å². The first-order chi connectivity index (χ1) is 8.00. The summed E-state index contributed by atoms with van der Waals surface area (Å²) in [6.45, 7) is 3.46. The predicted molar refractivity (Wildman–Crippen MR) is 74.6 cm³/mol. The van der Waals surface area contributed by atoms with Crippen molar-refractivity contribution >= 4 is 28.3 Å². The zero-order chi connectivity index (χ0) is 12.8. The number of thioether (sulfide) groups is 1. The number of anilines is 2. The second-order valence-corrected chi connectivity index (χ2v) is 4.96. The Labute approximate surface area is 106 Å². The minimum atomic E-state index is 0.124. The average Bonchev–Trinajstić information content (AvgIpc) is 2.25. The molecule has 4 N–H and O–H groups in total. The Bertz CT molecular complexity index is 463. The molecule has 0 amide bonds. The number of benzene rings is 1. The van der Waals surface area contributed by atoms with Gasteiger partial charge >= 0.3 is 0 Å². The van der Waals surface area contributed by atoms with Crippen molar-refractivity contribution in [3.63, 3.8) is 0 Å². The molecule has 17 heavy (non-hydrogen) atoms. The number of rotatable bonds is 2. The molecule has 0 radical (unpaired) electrons. The lowest BCUT2D eigenvalue weighted by molar-refractivity contribution is -0.109. The normalized spacial score (nSPS) is 9.53. The maximum atomic E-state index is 10.7. The van der Waals surface area contributed by atoms with E-state index >= 15 is 0 Å². The largest absolute Gasteiger partial charge is 0.397 e. The SMILES string of the molecule is CC(=O)SCCC#Cc1cc(C)c(N)c(N)c1. The third kappa shape index (κ3) is 4.41. The minimum Gasteiger partial charge on any atom is -0.397 e. The molecule has 0 unspecified atom stereocenters. The molecule has 0 aliphatic rings. The first-order valence-corrected chi connectivity index (χ1v) is 6.27. The van der Waals surface area contributed by atoms with Gasteiger partial charge in [-0.3, -0.25) is 4.79 Å². The van der Waals surface area contributed by atoms with Crippen LogP contribution in [0.5, 0.6) is 0 Å². The van der Waals surface area contributed by atoms with Gasteiger partial charge in [-0.15, -0.1) is 0 Å². The molecule has 1 rings (SSSR count). The van der Waals surface area contributed by atoms with Crippen LogP contribution in [0.2, 0.25) is 0 Å². The Kier molecular flexibility index (Phi) is 4.92. The Morgan fingerprint density at radius 3 is 2.71 bits per heavy atom. The Morgan fingerprint density at radius 2 is 2.12 bits per heavy atom. The summed E-state index contributed by atoms with van der Waals surface area (Å²) in [6.07, 6.45) is 0.688. The van der Waals surface area contributed by atoms with Crippen molar-refractivity contribution in [2.45, 2.75) is 20.3 Å². The lowest BCUT2D eigenvalue weighted by Crippen LogP contribution is -1.98. The standard InChI is InChI=1S/C13H16N2OS/c1-9-7-11(8-12(14)13(9)15)5-3-4-6-17-10(2)16/h7-8H,4,6,14-15H2,1-2H3.